The van der Waals surface area contributed by atoms with Crippen LogP contribution in [0.4, 0.5) is 0 Å². The third-order valence-corrected chi connectivity index (χ3v) is 3.09. The van der Waals surface area contributed by atoms with E-state index < -0.39 is 5.97 Å². The summed E-state index contributed by atoms with van der Waals surface area (Å²) in [5.74, 6) is -0.0173. The van der Waals surface area contributed by atoms with E-state index in [1.165, 1.54) is 24.5 Å². The number of hydrogen-bond donors (Lipinski definition) is 1. The van der Waals surface area contributed by atoms with Crippen LogP contribution in [0.5, 0.6) is 0 Å². The molecule has 1 N–H and O–H groups in total. The fraction of sp³-hybridized carbons (Fsp3) is 0.400. The first-order valence-electron chi connectivity index (χ1n) is 6.32. The quantitative estimate of drug-likeness (QED) is 0.783. The van der Waals surface area contributed by atoms with E-state index in [0.717, 1.165) is 24.6 Å². The van der Waals surface area contributed by atoms with Gasteiger partial charge in [-0.15, -0.1) is 0 Å². The Morgan fingerprint density at radius 2 is 2.28 bits per heavy atom. The molecule has 2 rings (SSSR count). The van der Waals surface area contributed by atoms with Crippen molar-refractivity contribution in [3.05, 3.63) is 41.5 Å². The van der Waals surface area contributed by atoms with Gasteiger partial charge in [-0.2, -0.15) is 0 Å². The largest absolute Gasteiger partial charge is 0.478 e. The van der Waals surface area contributed by atoms with Crippen LogP contribution in [-0.4, -0.2) is 29.6 Å². The van der Waals surface area contributed by atoms with Gasteiger partial charge in [0.25, 0.3) is 0 Å². The van der Waals surface area contributed by atoms with Gasteiger partial charge in [0.2, 0.25) is 0 Å². The zero-order chi connectivity index (χ0) is 13.0. The standard InChI is InChI=1S/C15H19NO2/c1-16(10-13-5-6-13)11-14-4-2-3-12(9-14)7-8-15(17)18/h2-4,7-9,13H,5-6,10-11H2,1H3,(H,17,18). The van der Waals surface area contributed by atoms with Crippen molar-refractivity contribution in [3.63, 3.8) is 0 Å². The van der Waals surface area contributed by atoms with Gasteiger partial charge in [0.05, 0.1) is 0 Å². The SMILES string of the molecule is CN(Cc1cccc(C=CC(=O)O)c1)CC1CC1. The highest BCUT2D eigenvalue weighted by molar-refractivity contribution is 5.85. The van der Waals surface area contributed by atoms with Crippen molar-refractivity contribution < 1.29 is 9.90 Å². The minimum absolute atomic E-state index is 0.894. The number of rotatable bonds is 6. The molecule has 0 radical (unpaired) electrons. The topological polar surface area (TPSA) is 40.5 Å². The summed E-state index contributed by atoms with van der Waals surface area (Å²) >= 11 is 0. The van der Waals surface area contributed by atoms with E-state index in [4.69, 9.17) is 5.11 Å². The van der Waals surface area contributed by atoms with Crippen LogP contribution in [-0.2, 0) is 11.3 Å². The van der Waals surface area contributed by atoms with Crippen LogP contribution in [0.2, 0.25) is 0 Å². The van der Waals surface area contributed by atoms with Crippen LogP contribution >= 0.6 is 0 Å². The first kappa shape index (κ1) is 12.8. The van der Waals surface area contributed by atoms with Gasteiger partial charge in [-0.1, -0.05) is 24.3 Å². The first-order chi connectivity index (χ1) is 8.63. The lowest BCUT2D eigenvalue weighted by atomic mass is 10.1. The molecule has 0 aliphatic heterocycles. The van der Waals surface area contributed by atoms with Crippen LogP contribution in [0.3, 0.4) is 0 Å². The molecule has 0 atom stereocenters. The molecular weight excluding hydrogens is 226 g/mol. The van der Waals surface area contributed by atoms with Crippen molar-refractivity contribution in [2.24, 2.45) is 5.92 Å². The summed E-state index contributed by atoms with van der Waals surface area (Å²) < 4.78 is 0. The minimum atomic E-state index is -0.911. The number of nitrogens with zero attached hydrogens (tertiary/aromatic N) is 1. The van der Waals surface area contributed by atoms with Crippen molar-refractivity contribution >= 4 is 12.0 Å². The van der Waals surface area contributed by atoms with E-state index >= 15 is 0 Å². The lowest BCUT2D eigenvalue weighted by molar-refractivity contribution is -0.131. The van der Waals surface area contributed by atoms with Gasteiger partial charge in [0.15, 0.2) is 0 Å². The van der Waals surface area contributed by atoms with Gasteiger partial charge in [0, 0.05) is 19.2 Å². The number of carboxylic acids is 1. The Morgan fingerprint density at radius 1 is 1.50 bits per heavy atom. The molecule has 0 bridgehead atoms. The summed E-state index contributed by atoms with van der Waals surface area (Å²) in [5.41, 5.74) is 2.17. The smallest absolute Gasteiger partial charge is 0.328 e. The Morgan fingerprint density at radius 3 is 2.94 bits per heavy atom. The maximum absolute atomic E-state index is 10.5. The Labute approximate surface area is 108 Å². The van der Waals surface area contributed by atoms with Crippen LogP contribution < -0.4 is 0 Å². The first-order valence-corrected chi connectivity index (χ1v) is 6.32. The number of carbonyl (C=O) groups is 1. The molecule has 0 spiro atoms. The molecule has 1 aromatic rings. The summed E-state index contributed by atoms with van der Waals surface area (Å²) in [6, 6.07) is 8.02. The second-order valence-corrected chi connectivity index (χ2v) is 5.06. The molecular formula is C15H19NO2. The molecule has 0 heterocycles. The molecule has 0 saturated heterocycles. The molecule has 0 unspecified atom stereocenters. The molecule has 18 heavy (non-hydrogen) atoms. The second-order valence-electron chi connectivity index (χ2n) is 5.06. The monoisotopic (exact) mass is 245 g/mol. The molecule has 0 amide bonds. The molecule has 1 aliphatic rings. The van der Waals surface area contributed by atoms with E-state index in [2.05, 4.69) is 18.0 Å². The predicted molar refractivity (Wildman–Crippen MR) is 72.2 cm³/mol. The lowest BCUT2D eigenvalue weighted by Gasteiger charge is -2.16. The average molecular weight is 245 g/mol. The van der Waals surface area contributed by atoms with E-state index in [1.807, 2.05) is 18.2 Å². The van der Waals surface area contributed by atoms with Gasteiger partial charge in [-0.05, 0) is 43.0 Å². The van der Waals surface area contributed by atoms with Crippen molar-refractivity contribution in [1.29, 1.82) is 0 Å². The fourth-order valence-corrected chi connectivity index (χ4v) is 2.08. The summed E-state index contributed by atoms with van der Waals surface area (Å²) in [6.45, 7) is 2.08. The van der Waals surface area contributed by atoms with E-state index in [9.17, 15) is 4.79 Å². The number of hydrogen-bond acceptors (Lipinski definition) is 2. The van der Waals surface area contributed by atoms with E-state index in [-0.39, 0.29) is 0 Å². The molecule has 1 aliphatic carbocycles. The summed E-state index contributed by atoms with van der Waals surface area (Å²) in [4.78, 5) is 12.8. The summed E-state index contributed by atoms with van der Waals surface area (Å²) in [7, 11) is 2.14. The molecule has 1 aromatic carbocycles. The van der Waals surface area contributed by atoms with Crippen LogP contribution in [0.1, 0.15) is 24.0 Å². The van der Waals surface area contributed by atoms with Crippen LogP contribution in [0.15, 0.2) is 30.3 Å². The zero-order valence-corrected chi connectivity index (χ0v) is 10.7. The van der Waals surface area contributed by atoms with Crippen molar-refractivity contribution in [3.8, 4) is 0 Å². The number of carboxylic acid groups (broad SMARTS) is 1. The van der Waals surface area contributed by atoms with Crippen LogP contribution in [0.25, 0.3) is 6.08 Å². The average Bonchev–Trinajstić information content (AvgIpc) is 3.10. The minimum Gasteiger partial charge on any atom is -0.478 e. The predicted octanol–water partition coefficient (Wildman–Crippen LogP) is 2.63. The highest BCUT2D eigenvalue weighted by Crippen LogP contribution is 2.29. The number of aliphatic carboxylic acids is 1. The Bertz CT molecular complexity index is 450. The summed E-state index contributed by atoms with van der Waals surface area (Å²) in [5, 5.41) is 8.60. The van der Waals surface area contributed by atoms with Gasteiger partial charge in [0.1, 0.15) is 0 Å². The maximum Gasteiger partial charge on any atom is 0.328 e. The van der Waals surface area contributed by atoms with Gasteiger partial charge in [-0.3, -0.25) is 0 Å². The third-order valence-electron chi connectivity index (χ3n) is 3.09. The molecule has 1 saturated carbocycles. The highest BCUT2D eigenvalue weighted by Gasteiger charge is 2.22. The Kier molecular flexibility index (Phi) is 4.15. The van der Waals surface area contributed by atoms with Crippen molar-refractivity contribution in [2.75, 3.05) is 13.6 Å². The fourth-order valence-electron chi connectivity index (χ4n) is 2.08. The highest BCUT2D eigenvalue weighted by atomic mass is 16.4. The van der Waals surface area contributed by atoms with Crippen molar-refractivity contribution in [2.45, 2.75) is 19.4 Å². The molecule has 0 aromatic heterocycles. The van der Waals surface area contributed by atoms with E-state index in [1.54, 1.807) is 6.08 Å². The summed E-state index contributed by atoms with van der Waals surface area (Å²) in [6.07, 6.45) is 5.54. The Hall–Kier alpha value is -1.61. The third kappa shape index (κ3) is 4.34. The molecule has 3 heteroatoms. The zero-order valence-electron chi connectivity index (χ0n) is 10.7. The van der Waals surface area contributed by atoms with Crippen molar-refractivity contribution in [1.82, 2.24) is 4.90 Å². The second kappa shape index (κ2) is 5.83. The number of benzene rings is 1. The van der Waals surface area contributed by atoms with E-state index in [0.29, 0.717) is 0 Å². The van der Waals surface area contributed by atoms with Gasteiger partial charge < -0.3 is 10.0 Å². The van der Waals surface area contributed by atoms with Gasteiger partial charge >= 0.3 is 5.97 Å². The molecule has 1 fully saturated rings. The molecule has 3 nitrogen and oxygen atoms in total. The maximum atomic E-state index is 10.5. The normalized spacial score (nSPS) is 15.4. The lowest BCUT2D eigenvalue weighted by Crippen LogP contribution is -2.20. The Balaban J connectivity index is 1.95. The van der Waals surface area contributed by atoms with Gasteiger partial charge in [-0.25, -0.2) is 4.79 Å². The van der Waals surface area contributed by atoms with Crippen LogP contribution in [0, 0.1) is 5.92 Å². The molecule has 96 valence electrons.